The summed E-state index contributed by atoms with van der Waals surface area (Å²) in [4.78, 5) is 17.2. The monoisotopic (exact) mass is 327 g/mol. The predicted octanol–water partition coefficient (Wildman–Crippen LogP) is 2.37. The average molecular weight is 327 g/mol. The lowest BCUT2D eigenvalue weighted by Gasteiger charge is -2.32. The number of hydrogen-bond acceptors (Lipinski definition) is 3. The van der Waals surface area contributed by atoms with E-state index in [1.165, 1.54) is 32.4 Å². The Bertz CT molecular complexity index is 549. The molecule has 1 atom stereocenters. The van der Waals surface area contributed by atoms with E-state index >= 15 is 0 Å². The number of hydrogen-bond donors (Lipinski definition) is 1. The number of amides is 1. The highest BCUT2D eigenvalue weighted by molar-refractivity contribution is 5.94. The summed E-state index contributed by atoms with van der Waals surface area (Å²) in [6.07, 6.45) is 6.40. The van der Waals surface area contributed by atoms with E-state index in [0.29, 0.717) is 6.04 Å². The maximum Gasteiger partial charge on any atom is 0.253 e. The summed E-state index contributed by atoms with van der Waals surface area (Å²) in [5.74, 6) is 0.915. The quantitative estimate of drug-likeness (QED) is 0.902. The van der Waals surface area contributed by atoms with Gasteiger partial charge in [0.15, 0.2) is 0 Å². The third kappa shape index (κ3) is 3.81. The van der Waals surface area contributed by atoms with E-state index in [2.05, 4.69) is 10.2 Å². The van der Waals surface area contributed by atoms with Gasteiger partial charge in [0.25, 0.3) is 5.91 Å². The van der Waals surface area contributed by atoms with E-state index in [1.54, 1.807) is 0 Å². The maximum absolute atomic E-state index is 12.5. The molecule has 4 rings (SSSR count). The zero-order chi connectivity index (χ0) is 16.4. The molecule has 2 heterocycles. The first-order valence-electron chi connectivity index (χ1n) is 9.61. The molecule has 2 saturated heterocycles. The Balaban J connectivity index is 1.18. The average Bonchev–Trinajstić information content (AvgIpc) is 3.39. The fraction of sp³-hybridized carbons (Fsp3) is 0.650. The van der Waals surface area contributed by atoms with E-state index in [0.717, 1.165) is 50.0 Å². The molecule has 1 aromatic carbocycles. The molecule has 1 unspecified atom stereocenters. The van der Waals surface area contributed by atoms with Gasteiger partial charge in [-0.2, -0.15) is 0 Å². The minimum absolute atomic E-state index is 0.192. The zero-order valence-electron chi connectivity index (χ0n) is 14.5. The fourth-order valence-electron chi connectivity index (χ4n) is 4.16. The summed E-state index contributed by atoms with van der Waals surface area (Å²) in [7, 11) is 0. The Morgan fingerprint density at radius 1 is 1.00 bits per heavy atom. The molecule has 0 aromatic heterocycles. The summed E-state index contributed by atoms with van der Waals surface area (Å²) in [6, 6.07) is 11.3. The lowest BCUT2D eigenvalue weighted by Crippen LogP contribution is -2.42. The van der Waals surface area contributed by atoms with E-state index in [-0.39, 0.29) is 5.91 Å². The molecule has 1 saturated carbocycles. The highest BCUT2D eigenvalue weighted by Gasteiger charge is 2.34. The molecule has 0 spiro atoms. The van der Waals surface area contributed by atoms with E-state index in [1.807, 2.05) is 35.2 Å². The van der Waals surface area contributed by atoms with Gasteiger partial charge < -0.3 is 10.2 Å². The van der Waals surface area contributed by atoms with Crippen molar-refractivity contribution in [2.24, 2.45) is 5.92 Å². The van der Waals surface area contributed by atoms with Crippen LogP contribution in [-0.4, -0.2) is 60.5 Å². The summed E-state index contributed by atoms with van der Waals surface area (Å²) < 4.78 is 0. The van der Waals surface area contributed by atoms with Crippen LogP contribution in [0.5, 0.6) is 0 Å². The van der Waals surface area contributed by atoms with Gasteiger partial charge in [0.1, 0.15) is 0 Å². The van der Waals surface area contributed by atoms with Crippen molar-refractivity contribution in [2.75, 3.05) is 32.7 Å². The van der Waals surface area contributed by atoms with Crippen molar-refractivity contribution in [1.29, 1.82) is 0 Å². The van der Waals surface area contributed by atoms with Crippen molar-refractivity contribution >= 4 is 5.91 Å². The van der Waals surface area contributed by atoms with Gasteiger partial charge in [-0.05, 0) is 56.7 Å². The second kappa shape index (κ2) is 7.24. The number of nitrogens with zero attached hydrogens (tertiary/aromatic N) is 2. The van der Waals surface area contributed by atoms with Gasteiger partial charge in [0, 0.05) is 43.8 Å². The molecule has 1 amide bonds. The second-order valence-corrected chi connectivity index (χ2v) is 7.72. The van der Waals surface area contributed by atoms with Gasteiger partial charge in [-0.3, -0.25) is 9.69 Å². The molecule has 4 heteroatoms. The summed E-state index contributed by atoms with van der Waals surface area (Å²) >= 11 is 0. The largest absolute Gasteiger partial charge is 0.339 e. The molecule has 0 bridgehead atoms. The number of carbonyl (C=O) groups excluding carboxylic acids is 1. The molecule has 130 valence electrons. The third-order valence-electron chi connectivity index (χ3n) is 5.90. The van der Waals surface area contributed by atoms with Gasteiger partial charge in [-0.25, -0.2) is 0 Å². The van der Waals surface area contributed by atoms with Crippen LogP contribution in [-0.2, 0) is 0 Å². The first kappa shape index (κ1) is 16.1. The summed E-state index contributed by atoms with van der Waals surface area (Å²) in [5.41, 5.74) is 0.820. The standard InChI is InChI=1S/C20H29N3O/c24-20(17-4-2-1-3-5-17)22-11-8-16(9-12-22)14-21-18-10-13-23(15-18)19-6-7-19/h1-5,16,18-19,21H,6-15H2. The van der Waals surface area contributed by atoms with Gasteiger partial charge >= 0.3 is 0 Å². The summed E-state index contributed by atoms with van der Waals surface area (Å²) in [5, 5.41) is 3.79. The van der Waals surface area contributed by atoms with Crippen molar-refractivity contribution in [3.05, 3.63) is 35.9 Å². The zero-order valence-corrected chi connectivity index (χ0v) is 14.5. The Hall–Kier alpha value is -1.39. The topological polar surface area (TPSA) is 35.6 Å². The van der Waals surface area contributed by atoms with Gasteiger partial charge in [-0.1, -0.05) is 18.2 Å². The van der Waals surface area contributed by atoms with E-state index in [9.17, 15) is 4.79 Å². The molecular formula is C20H29N3O. The molecule has 3 aliphatic rings. The molecule has 0 radical (unpaired) electrons. The molecular weight excluding hydrogens is 298 g/mol. The Morgan fingerprint density at radius 3 is 2.46 bits per heavy atom. The van der Waals surface area contributed by atoms with Crippen LogP contribution in [0.15, 0.2) is 30.3 Å². The van der Waals surface area contributed by atoms with Gasteiger partial charge in [0.05, 0.1) is 0 Å². The van der Waals surface area contributed by atoms with Crippen molar-refractivity contribution in [3.63, 3.8) is 0 Å². The minimum atomic E-state index is 0.192. The Kier molecular flexibility index (Phi) is 4.86. The van der Waals surface area contributed by atoms with Crippen LogP contribution >= 0.6 is 0 Å². The van der Waals surface area contributed by atoms with Crippen molar-refractivity contribution in [2.45, 2.75) is 44.2 Å². The molecule has 1 aromatic rings. The van der Waals surface area contributed by atoms with Gasteiger partial charge in [0.2, 0.25) is 0 Å². The summed E-state index contributed by atoms with van der Waals surface area (Å²) in [6.45, 7) is 5.46. The van der Waals surface area contributed by atoms with Crippen LogP contribution in [0.2, 0.25) is 0 Å². The van der Waals surface area contributed by atoms with Crippen molar-refractivity contribution in [1.82, 2.24) is 15.1 Å². The van der Waals surface area contributed by atoms with E-state index < -0.39 is 0 Å². The number of rotatable bonds is 5. The molecule has 24 heavy (non-hydrogen) atoms. The molecule has 1 aliphatic carbocycles. The highest BCUT2D eigenvalue weighted by atomic mass is 16.2. The Labute approximate surface area is 145 Å². The number of carbonyl (C=O) groups is 1. The first-order valence-corrected chi connectivity index (χ1v) is 9.61. The SMILES string of the molecule is O=C(c1ccccc1)N1CCC(CNC2CCN(C3CC3)C2)CC1. The lowest BCUT2D eigenvalue weighted by molar-refractivity contribution is 0.0689. The predicted molar refractivity (Wildman–Crippen MR) is 96.1 cm³/mol. The maximum atomic E-state index is 12.5. The van der Waals surface area contributed by atoms with Crippen LogP contribution in [0.1, 0.15) is 42.5 Å². The number of piperidine rings is 1. The van der Waals surface area contributed by atoms with Crippen molar-refractivity contribution in [3.8, 4) is 0 Å². The second-order valence-electron chi connectivity index (χ2n) is 7.72. The number of likely N-dealkylation sites (tertiary alicyclic amines) is 2. The minimum Gasteiger partial charge on any atom is -0.339 e. The fourth-order valence-corrected chi connectivity index (χ4v) is 4.16. The lowest BCUT2D eigenvalue weighted by atomic mass is 9.96. The van der Waals surface area contributed by atoms with Gasteiger partial charge in [-0.15, -0.1) is 0 Å². The first-order chi connectivity index (χ1) is 11.8. The van der Waals surface area contributed by atoms with Crippen molar-refractivity contribution < 1.29 is 4.79 Å². The number of benzene rings is 1. The molecule has 3 fully saturated rings. The van der Waals surface area contributed by atoms with Crippen LogP contribution in [0.25, 0.3) is 0 Å². The smallest absolute Gasteiger partial charge is 0.253 e. The van der Waals surface area contributed by atoms with E-state index in [4.69, 9.17) is 0 Å². The van der Waals surface area contributed by atoms with Crippen LogP contribution in [0.4, 0.5) is 0 Å². The molecule has 2 aliphatic heterocycles. The van der Waals surface area contributed by atoms with Crippen LogP contribution in [0.3, 0.4) is 0 Å². The number of nitrogens with one attached hydrogen (secondary N) is 1. The Morgan fingerprint density at radius 2 is 1.75 bits per heavy atom. The molecule has 4 nitrogen and oxygen atoms in total. The third-order valence-corrected chi connectivity index (χ3v) is 5.90. The normalized spacial score (nSPS) is 26.0. The molecule has 1 N–H and O–H groups in total. The highest BCUT2D eigenvalue weighted by Crippen LogP contribution is 2.30. The van der Waals surface area contributed by atoms with Crippen LogP contribution in [0, 0.1) is 5.92 Å². The van der Waals surface area contributed by atoms with Crippen LogP contribution < -0.4 is 5.32 Å².